The average Bonchev–Trinajstić information content (AvgIpc) is 2.18. The Labute approximate surface area is 84.4 Å². The number of nitriles is 1. The van der Waals surface area contributed by atoms with Crippen LogP contribution in [0.5, 0.6) is 5.75 Å². The van der Waals surface area contributed by atoms with Crippen LogP contribution >= 0.6 is 11.8 Å². The Balaban J connectivity index is 3.12. The minimum Gasteiger partial charge on any atom is -0.495 e. The standard InChI is InChI=1S/C8H6N2O3S/c1-13-7-4-6(10(11)12)2-3-8(7)14-5-9/h2-4H,1H3. The lowest BCUT2D eigenvalue weighted by atomic mass is 10.3. The van der Waals surface area contributed by atoms with Gasteiger partial charge >= 0.3 is 0 Å². The second-order valence-corrected chi connectivity index (χ2v) is 3.11. The van der Waals surface area contributed by atoms with Crippen molar-refractivity contribution in [2.24, 2.45) is 0 Å². The molecule has 0 saturated heterocycles. The van der Waals surface area contributed by atoms with Gasteiger partial charge in [-0.05, 0) is 17.8 Å². The molecule has 0 spiro atoms. The Kier molecular flexibility index (Phi) is 3.31. The van der Waals surface area contributed by atoms with E-state index in [9.17, 15) is 10.1 Å². The van der Waals surface area contributed by atoms with Gasteiger partial charge in [0, 0.05) is 6.07 Å². The fourth-order valence-electron chi connectivity index (χ4n) is 0.903. The molecule has 72 valence electrons. The molecule has 0 radical (unpaired) electrons. The predicted molar refractivity (Wildman–Crippen MR) is 51.1 cm³/mol. The Morgan fingerprint density at radius 3 is 2.86 bits per heavy atom. The first-order chi connectivity index (χ1) is 6.69. The number of hydrogen-bond donors (Lipinski definition) is 0. The van der Waals surface area contributed by atoms with Gasteiger partial charge in [-0.2, -0.15) is 5.26 Å². The van der Waals surface area contributed by atoms with Crippen molar-refractivity contribution in [2.75, 3.05) is 7.11 Å². The van der Waals surface area contributed by atoms with E-state index < -0.39 is 4.92 Å². The average molecular weight is 210 g/mol. The molecule has 0 aliphatic rings. The van der Waals surface area contributed by atoms with Crippen LogP contribution < -0.4 is 4.74 Å². The van der Waals surface area contributed by atoms with Gasteiger partial charge < -0.3 is 4.74 Å². The highest BCUT2D eigenvalue weighted by Crippen LogP contribution is 2.31. The van der Waals surface area contributed by atoms with E-state index in [1.807, 2.05) is 5.40 Å². The maximum absolute atomic E-state index is 10.4. The molecule has 6 heteroatoms. The lowest BCUT2D eigenvalue weighted by molar-refractivity contribution is -0.385. The van der Waals surface area contributed by atoms with Crippen molar-refractivity contribution in [3.63, 3.8) is 0 Å². The van der Waals surface area contributed by atoms with E-state index in [1.165, 1.54) is 25.3 Å². The third-order valence-electron chi connectivity index (χ3n) is 1.51. The highest BCUT2D eigenvalue weighted by Gasteiger charge is 2.11. The first-order valence-corrected chi connectivity index (χ1v) is 4.39. The summed E-state index contributed by atoms with van der Waals surface area (Å²) >= 11 is 0.905. The number of nitro benzene ring substituents is 1. The Bertz CT molecular complexity index is 400. The second kappa shape index (κ2) is 4.48. The van der Waals surface area contributed by atoms with Gasteiger partial charge in [0.15, 0.2) is 0 Å². The van der Waals surface area contributed by atoms with Crippen molar-refractivity contribution in [1.82, 2.24) is 0 Å². The Morgan fingerprint density at radius 1 is 1.64 bits per heavy atom. The van der Waals surface area contributed by atoms with Gasteiger partial charge in [-0.3, -0.25) is 10.1 Å². The van der Waals surface area contributed by atoms with Crippen LogP contribution in [-0.2, 0) is 0 Å². The molecular weight excluding hydrogens is 204 g/mol. The van der Waals surface area contributed by atoms with E-state index in [0.29, 0.717) is 10.6 Å². The van der Waals surface area contributed by atoms with Crippen LogP contribution in [0.3, 0.4) is 0 Å². The van der Waals surface area contributed by atoms with Gasteiger partial charge in [0.2, 0.25) is 0 Å². The topological polar surface area (TPSA) is 76.2 Å². The highest BCUT2D eigenvalue weighted by atomic mass is 32.2. The first kappa shape index (κ1) is 10.3. The van der Waals surface area contributed by atoms with Crippen molar-refractivity contribution in [1.29, 1.82) is 5.26 Å². The molecule has 0 atom stereocenters. The summed E-state index contributed by atoms with van der Waals surface area (Å²) in [6.45, 7) is 0. The lowest BCUT2D eigenvalue weighted by Crippen LogP contribution is -1.91. The summed E-state index contributed by atoms with van der Waals surface area (Å²) in [5, 5.41) is 20.7. The molecule has 0 amide bonds. The van der Waals surface area contributed by atoms with Gasteiger partial charge in [0.25, 0.3) is 5.69 Å². The number of methoxy groups -OCH3 is 1. The molecule has 0 saturated carbocycles. The summed E-state index contributed by atoms with van der Waals surface area (Å²) in [6.07, 6.45) is 0. The molecule has 1 aromatic rings. The van der Waals surface area contributed by atoms with Crippen LogP contribution in [0.25, 0.3) is 0 Å². The summed E-state index contributed by atoms with van der Waals surface area (Å²) in [5.74, 6) is 0.339. The lowest BCUT2D eigenvalue weighted by Gasteiger charge is -2.03. The largest absolute Gasteiger partial charge is 0.495 e. The Hall–Kier alpha value is -1.74. The maximum Gasteiger partial charge on any atom is 0.273 e. The maximum atomic E-state index is 10.4. The number of hydrogen-bond acceptors (Lipinski definition) is 5. The minimum absolute atomic E-state index is 0.0517. The number of non-ortho nitro benzene ring substituents is 1. The molecule has 0 aliphatic heterocycles. The van der Waals surface area contributed by atoms with Gasteiger partial charge in [0.1, 0.15) is 11.2 Å². The number of benzene rings is 1. The second-order valence-electron chi connectivity index (χ2n) is 2.29. The third kappa shape index (κ3) is 2.14. The SMILES string of the molecule is COc1cc([N+](=O)[O-])ccc1SC#N. The number of rotatable bonds is 3. The summed E-state index contributed by atoms with van der Waals surface area (Å²) < 4.78 is 4.91. The van der Waals surface area contributed by atoms with Crippen LogP contribution in [0.2, 0.25) is 0 Å². The fourth-order valence-corrected chi connectivity index (χ4v) is 1.38. The zero-order valence-electron chi connectivity index (χ0n) is 7.26. The zero-order valence-corrected chi connectivity index (χ0v) is 8.08. The summed E-state index contributed by atoms with van der Waals surface area (Å²) in [4.78, 5) is 10.5. The van der Waals surface area contributed by atoms with E-state index in [2.05, 4.69) is 0 Å². The van der Waals surface area contributed by atoms with E-state index in [0.717, 1.165) is 11.8 Å². The first-order valence-electron chi connectivity index (χ1n) is 3.57. The van der Waals surface area contributed by atoms with Crippen LogP contribution in [0.1, 0.15) is 0 Å². The molecule has 0 heterocycles. The number of thiocyanates is 1. The molecule has 0 N–H and O–H groups in total. The quantitative estimate of drug-likeness (QED) is 0.330. The zero-order chi connectivity index (χ0) is 10.6. The van der Waals surface area contributed by atoms with Crippen molar-refractivity contribution < 1.29 is 9.66 Å². The van der Waals surface area contributed by atoms with Crippen molar-refractivity contribution in [2.45, 2.75) is 4.90 Å². The van der Waals surface area contributed by atoms with Crippen LogP contribution in [0.15, 0.2) is 23.1 Å². The van der Waals surface area contributed by atoms with E-state index >= 15 is 0 Å². The third-order valence-corrected chi connectivity index (χ3v) is 2.16. The molecule has 0 aromatic heterocycles. The van der Waals surface area contributed by atoms with Crippen molar-refractivity contribution >= 4 is 17.4 Å². The smallest absolute Gasteiger partial charge is 0.273 e. The van der Waals surface area contributed by atoms with Gasteiger partial charge in [-0.15, -0.1) is 0 Å². The Morgan fingerprint density at radius 2 is 2.36 bits per heavy atom. The molecule has 1 rings (SSSR count). The van der Waals surface area contributed by atoms with Crippen molar-refractivity contribution in [3.05, 3.63) is 28.3 Å². The van der Waals surface area contributed by atoms with E-state index in [-0.39, 0.29) is 5.69 Å². The van der Waals surface area contributed by atoms with Crippen LogP contribution in [0, 0.1) is 20.8 Å². The molecule has 0 unspecified atom stereocenters. The molecule has 0 bridgehead atoms. The van der Waals surface area contributed by atoms with Crippen molar-refractivity contribution in [3.8, 4) is 11.2 Å². The fraction of sp³-hybridized carbons (Fsp3) is 0.125. The van der Waals surface area contributed by atoms with Crippen LogP contribution in [-0.4, -0.2) is 12.0 Å². The molecule has 5 nitrogen and oxygen atoms in total. The van der Waals surface area contributed by atoms with Gasteiger partial charge in [-0.25, -0.2) is 0 Å². The number of nitrogens with zero attached hydrogens (tertiary/aromatic N) is 2. The monoisotopic (exact) mass is 210 g/mol. The molecule has 0 fully saturated rings. The minimum atomic E-state index is -0.511. The molecular formula is C8H6N2O3S. The summed E-state index contributed by atoms with van der Waals surface area (Å²) in [6, 6.07) is 4.12. The van der Waals surface area contributed by atoms with E-state index in [4.69, 9.17) is 10.00 Å². The van der Waals surface area contributed by atoms with E-state index in [1.54, 1.807) is 0 Å². The number of thioether (sulfide) groups is 1. The molecule has 1 aromatic carbocycles. The molecule has 14 heavy (non-hydrogen) atoms. The summed E-state index contributed by atoms with van der Waals surface area (Å²) in [5.41, 5.74) is -0.0517. The predicted octanol–water partition coefficient (Wildman–Crippen LogP) is 2.18. The normalized spacial score (nSPS) is 9.14. The van der Waals surface area contributed by atoms with Gasteiger partial charge in [-0.1, -0.05) is 0 Å². The molecule has 0 aliphatic carbocycles. The van der Waals surface area contributed by atoms with Gasteiger partial charge in [0.05, 0.1) is 23.0 Å². The summed E-state index contributed by atoms with van der Waals surface area (Å²) in [7, 11) is 1.40. The number of ether oxygens (including phenoxy) is 1. The van der Waals surface area contributed by atoms with Crippen LogP contribution in [0.4, 0.5) is 5.69 Å². The highest BCUT2D eigenvalue weighted by molar-refractivity contribution is 8.03. The number of nitro groups is 1.